The number of nitrogens with one attached hydrogen (secondary N) is 2. The lowest BCUT2D eigenvalue weighted by Crippen LogP contribution is -2.32. The Kier molecular flexibility index (Phi) is 9.23. The number of hydrogen-bond acceptors (Lipinski definition) is 10. The molecule has 0 aliphatic heterocycles. The van der Waals surface area contributed by atoms with Gasteiger partial charge in [-0.15, -0.1) is 0 Å². The van der Waals surface area contributed by atoms with Gasteiger partial charge in [-0.3, -0.25) is 24.5 Å². The van der Waals surface area contributed by atoms with Gasteiger partial charge in [0.15, 0.2) is 6.61 Å². The first kappa shape index (κ1) is 26.7. The van der Waals surface area contributed by atoms with E-state index in [4.69, 9.17) is 16.3 Å². The fraction of sp³-hybridized carbons (Fsp3) is 0.190. The maximum absolute atomic E-state index is 12.2. The Hall–Kier alpha value is -4.52. The van der Waals surface area contributed by atoms with Crippen molar-refractivity contribution >= 4 is 52.7 Å². The van der Waals surface area contributed by atoms with Crippen LogP contribution in [0.25, 0.3) is 0 Å². The highest BCUT2D eigenvalue weighted by atomic mass is 35.5. The Labute approximate surface area is 202 Å². The number of amides is 2. The van der Waals surface area contributed by atoms with Gasteiger partial charge in [0.25, 0.3) is 17.5 Å². The average Bonchev–Trinajstić information content (AvgIpc) is 2.84. The topological polar surface area (TPSA) is 180 Å². The van der Waals surface area contributed by atoms with Gasteiger partial charge < -0.3 is 24.8 Å². The Morgan fingerprint density at radius 2 is 1.66 bits per heavy atom. The van der Waals surface area contributed by atoms with E-state index >= 15 is 0 Å². The number of hydrogen-bond donors (Lipinski definition) is 2. The molecule has 13 nitrogen and oxygen atoms in total. The van der Waals surface area contributed by atoms with Gasteiger partial charge in [0.1, 0.15) is 6.54 Å². The summed E-state index contributed by atoms with van der Waals surface area (Å²) >= 11 is 5.75. The first-order chi connectivity index (χ1) is 16.5. The molecule has 0 saturated heterocycles. The van der Waals surface area contributed by atoms with Gasteiger partial charge in [0, 0.05) is 22.7 Å². The summed E-state index contributed by atoms with van der Waals surface area (Å²) < 4.78 is 14.0. The summed E-state index contributed by atoms with van der Waals surface area (Å²) in [6.07, 6.45) is 0. The van der Waals surface area contributed by atoms with Crippen molar-refractivity contribution in [3.63, 3.8) is 0 Å². The summed E-state index contributed by atoms with van der Waals surface area (Å²) in [7, 11) is 2.28. The number of carbonyl (C=O) groups is 5. The molecule has 0 aliphatic rings. The molecule has 0 radical (unpaired) electrons. The van der Waals surface area contributed by atoms with Crippen LogP contribution in [0.4, 0.5) is 11.4 Å². The Balaban J connectivity index is 1.96. The largest absolute Gasteiger partial charge is 0.465 e. The number of methoxy groups -OCH3 is 2. The number of nitro groups is 1. The minimum absolute atomic E-state index is 0.0383. The molecule has 0 bridgehead atoms. The van der Waals surface area contributed by atoms with E-state index in [2.05, 4.69) is 20.1 Å². The number of non-ortho nitro benzene ring substituents is 1. The highest BCUT2D eigenvalue weighted by Crippen LogP contribution is 2.21. The molecule has 14 heteroatoms. The minimum Gasteiger partial charge on any atom is -0.465 e. The quantitative estimate of drug-likeness (QED) is 0.219. The van der Waals surface area contributed by atoms with Crippen molar-refractivity contribution in [2.45, 2.75) is 0 Å². The molecule has 0 spiro atoms. The fourth-order valence-electron chi connectivity index (χ4n) is 2.63. The van der Waals surface area contributed by atoms with Crippen molar-refractivity contribution in [3.8, 4) is 0 Å². The molecular formula is C21H18ClN3O10. The first-order valence-electron chi connectivity index (χ1n) is 9.55. The number of benzene rings is 2. The van der Waals surface area contributed by atoms with Gasteiger partial charge >= 0.3 is 17.9 Å². The van der Waals surface area contributed by atoms with Gasteiger partial charge in [0.05, 0.1) is 36.0 Å². The van der Waals surface area contributed by atoms with E-state index in [1.165, 1.54) is 24.3 Å². The normalized spacial score (nSPS) is 10.0. The van der Waals surface area contributed by atoms with Crippen molar-refractivity contribution in [2.24, 2.45) is 0 Å². The van der Waals surface area contributed by atoms with E-state index in [1.54, 1.807) is 0 Å². The van der Waals surface area contributed by atoms with Crippen LogP contribution in [0.2, 0.25) is 5.02 Å². The minimum atomic E-state index is -0.999. The molecule has 2 aromatic rings. The lowest BCUT2D eigenvalue weighted by atomic mass is 10.1. The molecule has 0 aliphatic carbocycles. The van der Waals surface area contributed by atoms with Crippen molar-refractivity contribution in [3.05, 3.63) is 68.2 Å². The number of ether oxygens (including phenoxy) is 3. The third kappa shape index (κ3) is 7.50. The zero-order valence-corrected chi connectivity index (χ0v) is 19.0. The van der Waals surface area contributed by atoms with Crippen molar-refractivity contribution < 1.29 is 43.1 Å². The van der Waals surface area contributed by atoms with Crippen molar-refractivity contribution in [1.82, 2.24) is 5.32 Å². The second kappa shape index (κ2) is 12.1. The van der Waals surface area contributed by atoms with Gasteiger partial charge in [-0.05, 0) is 24.3 Å². The first-order valence-corrected chi connectivity index (χ1v) is 9.92. The Bertz CT molecular complexity index is 1200. The van der Waals surface area contributed by atoms with E-state index in [9.17, 15) is 34.1 Å². The van der Waals surface area contributed by atoms with E-state index in [0.29, 0.717) is 0 Å². The van der Waals surface area contributed by atoms with Crippen LogP contribution in [-0.2, 0) is 23.8 Å². The number of rotatable bonds is 9. The van der Waals surface area contributed by atoms with Gasteiger partial charge in [-0.25, -0.2) is 9.59 Å². The van der Waals surface area contributed by atoms with Gasteiger partial charge in [-0.1, -0.05) is 11.6 Å². The van der Waals surface area contributed by atoms with Crippen LogP contribution in [-0.4, -0.2) is 62.0 Å². The lowest BCUT2D eigenvalue weighted by molar-refractivity contribution is -0.384. The molecule has 0 unspecified atom stereocenters. The zero-order valence-electron chi connectivity index (χ0n) is 18.3. The van der Waals surface area contributed by atoms with Crippen molar-refractivity contribution in [2.75, 3.05) is 32.7 Å². The maximum atomic E-state index is 12.2. The monoisotopic (exact) mass is 507 g/mol. The van der Waals surface area contributed by atoms with E-state index < -0.39 is 53.5 Å². The van der Waals surface area contributed by atoms with Gasteiger partial charge in [0.2, 0.25) is 0 Å². The summed E-state index contributed by atoms with van der Waals surface area (Å²) in [6.45, 7) is -1.45. The molecule has 35 heavy (non-hydrogen) atoms. The molecule has 2 rings (SSSR count). The van der Waals surface area contributed by atoms with Crippen LogP contribution in [0, 0.1) is 10.1 Å². The Morgan fingerprint density at radius 1 is 0.971 bits per heavy atom. The number of halogens is 1. The van der Waals surface area contributed by atoms with Crippen LogP contribution >= 0.6 is 11.6 Å². The smallest absolute Gasteiger partial charge is 0.339 e. The molecular weight excluding hydrogens is 490 g/mol. The van der Waals surface area contributed by atoms with E-state index in [-0.39, 0.29) is 27.4 Å². The highest BCUT2D eigenvalue weighted by molar-refractivity contribution is 6.31. The second-order valence-electron chi connectivity index (χ2n) is 6.59. The summed E-state index contributed by atoms with van der Waals surface area (Å²) in [5, 5.41) is 15.3. The molecule has 0 aromatic heterocycles. The van der Waals surface area contributed by atoms with Crippen LogP contribution in [0.1, 0.15) is 31.1 Å². The Morgan fingerprint density at radius 3 is 2.29 bits per heavy atom. The standard InChI is InChI=1S/C21H18ClN3O10/c1-33-20(29)11-3-4-15(21(30)34-2)16(7-11)24-17(26)10-35-18(27)9-23-19(28)12-5-13(22)8-14(6-12)25(31)32/h3-8H,9-10H2,1-2H3,(H,23,28)(H,24,26). The summed E-state index contributed by atoms with van der Waals surface area (Å²) in [5.41, 5.74) is -0.684. The molecule has 0 fully saturated rings. The SMILES string of the molecule is COC(=O)c1ccc(C(=O)OC)c(NC(=O)COC(=O)CNC(=O)c2cc(Cl)cc([N+](=O)[O-])c2)c1. The molecule has 0 heterocycles. The predicted molar refractivity (Wildman–Crippen MR) is 119 cm³/mol. The summed E-state index contributed by atoms with van der Waals surface area (Å²) in [6, 6.07) is 6.92. The molecule has 2 amide bonds. The fourth-order valence-corrected chi connectivity index (χ4v) is 2.86. The van der Waals surface area contributed by atoms with Crippen LogP contribution in [0.3, 0.4) is 0 Å². The molecule has 0 saturated carbocycles. The second-order valence-corrected chi connectivity index (χ2v) is 7.03. The number of esters is 3. The molecule has 184 valence electrons. The van der Waals surface area contributed by atoms with Gasteiger partial charge in [-0.2, -0.15) is 0 Å². The highest BCUT2D eigenvalue weighted by Gasteiger charge is 2.19. The van der Waals surface area contributed by atoms with E-state index in [0.717, 1.165) is 26.4 Å². The van der Waals surface area contributed by atoms with Crippen LogP contribution < -0.4 is 10.6 Å². The summed E-state index contributed by atoms with van der Waals surface area (Å²) in [4.78, 5) is 70.0. The number of nitrogens with zero attached hydrogens (tertiary/aromatic N) is 1. The predicted octanol–water partition coefficient (Wildman–Crippen LogP) is 1.73. The summed E-state index contributed by atoms with van der Waals surface area (Å²) in [5.74, 6) is -4.20. The van der Waals surface area contributed by atoms with Crippen molar-refractivity contribution in [1.29, 1.82) is 0 Å². The number of anilines is 1. The van der Waals surface area contributed by atoms with E-state index in [1.807, 2.05) is 0 Å². The molecule has 2 aromatic carbocycles. The van der Waals surface area contributed by atoms with Crippen LogP contribution in [0.5, 0.6) is 0 Å². The maximum Gasteiger partial charge on any atom is 0.339 e. The average molecular weight is 508 g/mol. The number of carbonyl (C=O) groups excluding carboxylic acids is 5. The molecule has 0 atom stereocenters. The third-order valence-electron chi connectivity index (χ3n) is 4.23. The van der Waals surface area contributed by atoms with Crippen LogP contribution in [0.15, 0.2) is 36.4 Å². The number of nitro benzene ring substituents is 1. The third-order valence-corrected chi connectivity index (χ3v) is 4.45. The lowest BCUT2D eigenvalue weighted by Gasteiger charge is -2.12. The zero-order chi connectivity index (χ0) is 26.1. The molecule has 2 N–H and O–H groups in total.